The minimum atomic E-state index is -1.09. The average molecular weight is 510 g/mol. The zero-order valence-corrected chi connectivity index (χ0v) is 15.5. The number of nitrogens with zero attached hydrogens (tertiary/aromatic N) is 4. The summed E-state index contributed by atoms with van der Waals surface area (Å²) in [7, 11) is 0. The highest BCUT2D eigenvalue weighted by molar-refractivity contribution is 14.1. The van der Waals surface area contributed by atoms with Crippen LogP contribution in [-0.4, -0.2) is 19.7 Å². The van der Waals surface area contributed by atoms with Crippen LogP contribution in [0.15, 0.2) is 24.3 Å². The van der Waals surface area contributed by atoms with Crippen molar-refractivity contribution in [3.63, 3.8) is 0 Å². The molecular formula is C12H5ClIN5O8. The summed E-state index contributed by atoms with van der Waals surface area (Å²) in [5.74, 6) is 0. The summed E-state index contributed by atoms with van der Waals surface area (Å²) < 4.78 is 0.377. The van der Waals surface area contributed by atoms with E-state index in [-0.39, 0.29) is 5.02 Å². The summed E-state index contributed by atoms with van der Waals surface area (Å²) in [6.07, 6.45) is 0. The van der Waals surface area contributed by atoms with Crippen molar-refractivity contribution in [1.82, 2.24) is 0 Å². The first-order valence-electron chi connectivity index (χ1n) is 6.54. The number of anilines is 2. The second-order valence-electron chi connectivity index (χ2n) is 4.79. The van der Waals surface area contributed by atoms with E-state index in [0.717, 1.165) is 6.07 Å². The Labute approximate surface area is 166 Å². The molecule has 0 spiro atoms. The fraction of sp³-hybridized carbons (Fsp3) is 0. The summed E-state index contributed by atoms with van der Waals surface area (Å²) >= 11 is 7.70. The van der Waals surface area contributed by atoms with Gasteiger partial charge in [-0.25, -0.2) is 0 Å². The molecule has 0 unspecified atom stereocenters. The predicted octanol–water partition coefficient (Wildman–Crippen LogP) is 4.32. The van der Waals surface area contributed by atoms with E-state index in [1.165, 1.54) is 6.07 Å². The Kier molecular flexibility index (Phi) is 5.69. The predicted molar refractivity (Wildman–Crippen MR) is 101 cm³/mol. The molecule has 27 heavy (non-hydrogen) atoms. The summed E-state index contributed by atoms with van der Waals surface area (Å²) in [5.41, 5.74) is -4.71. The highest BCUT2D eigenvalue weighted by Crippen LogP contribution is 2.44. The lowest BCUT2D eigenvalue weighted by molar-refractivity contribution is -0.401. The van der Waals surface area contributed by atoms with Crippen LogP contribution in [0.5, 0.6) is 0 Å². The number of halogens is 2. The normalized spacial score (nSPS) is 10.3. The molecule has 1 N–H and O–H groups in total. The number of nitro benzene ring substituents is 4. The topological polar surface area (TPSA) is 185 Å². The zero-order chi connectivity index (χ0) is 20.5. The molecule has 0 amide bonds. The van der Waals surface area contributed by atoms with Gasteiger partial charge in [-0.05, 0) is 28.7 Å². The number of rotatable bonds is 6. The van der Waals surface area contributed by atoms with Crippen molar-refractivity contribution >= 4 is 68.3 Å². The van der Waals surface area contributed by atoms with Crippen molar-refractivity contribution in [3.8, 4) is 0 Å². The highest BCUT2D eigenvalue weighted by atomic mass is 127. The van der Waals surface area contributed by atoms with Crippen LogP contribution in [0.3, 0.4) is 0 Å². The minimum absolute atomic E-state index is 0.226. The number of benzene rings is 2. The third kappa shape index (κ3) is 4.17. The Morgan fingerprint density at radius 2 is 1.19 bits per heavy atom. The van der Waals surface area contributed by atoms with Crippen molar-refractivity contribution in [2.45, 2.75) is 0 Å². The SMILES string of the molecule is O=[N+]([O-])c1cc([N+](=O)[O-])c(Nc2c(Cl)cc(I)cc2[N+](=O)[O-])c([N+](=O)[O-])c1. The van der Waals surface area contributed by atoms with Crippen LogP contribution in [0, 0.1) is 44.0 Å². The van der Waals surface area contributed by atoms with Gasteiger partial charge in [0, 0.05) is 9.64 Å². The molecule has 0 saturated carbocycles. The Balaban J connectivity index is 2.80. The number of non-ortho nitro benzene ring substituents is 1. The van der Waals surface area contributed by atoms with Gasteiger partial charge >= 0.3 is 11.4 Å². The van der Waals surface area contributed by atoms with E-state index in [0.29, 0.717) is 15.7 Å². The van der Waals surface area contributed by atoms with E-state index in [9.17, 15) is 40.5 Å². The van der Waals surface area contributed by atoms with Gasteiger partial charge in [0.15, 0.2) is 5.69 Å². The average Bonchev–Trinajstić information content (AvgIpc) is 2.55. The quantitative estimate of drug-likeness (QED) is 0.336. The third-order valence-corrected chi connectivity index (χ3v) is 4.09. The van der Waals surface area contributed by atoms with Gasteiger partial charge in [-0.1, -0.05) is 11.6 Å². The maximum absolute atomic E-state index is 11.3. The second kappa shape index (κ2) is 7.62. The van der Waals surface area contributed by atoms with Crippen LogP contribution in [0.1, 0.15) is 0 Å². The largest absolute Gasteiger partial charge is 0.337 e. The van der Waals surface area contributed by atoms with Crippen LogP contribution < -0.4 is 5.32 Å². The van der Waals surface area contributed by atoms with Crippen LogP contribution in [0.4, 0.5) is 34.1 Å². The lowest BCUT2D eigenvalue weighted by atomic mass is 10.2. The molecule has 140 valence electrons. The molecule has 2 aromatic rings. The molecular weight excluding hydrogens is 505 g/mol. The monoisotopic (exact) mass is 509 g/mol. The lowest BCUT2D eigenvalue weighted by Gasteiger charge is -2.10. The van der Waals surface area contributed by atoms with Crippen molar-refractivity contribution in [1.29, 1.82) is 0 Å². The molecule has 0 aliphatic heterocycles. The van der Waals surface area contributed by atoms with Crippen LogP contribution >= 0.6 is 34.2 Å². The molecule has 0 aromatic heterocycles. The van der Waals surface area contributed by atoms with Crippen molar-refractivity contribution < 1.29 is 19.7 Å². The summed E-state index contributed by atoms with van der Waals surface area (Å²) in [4.78, 5) is 40.6. The van der Waals surface area contributed by atoms with Gasteiger partial charge in [0.1, 0.15) is 5.69 Å². The first-order valence-corrected chi connectivity index (χ1v) is 8.00. The summed E-state index contributed by atoms with van der Waals surface area (Å²) in [5, 5.41) is 46.7. The maximum atomic E-state index is 11.3. The van der Waals surface area contributed by atoms with Gasteiger partial charge in [-0.2, -0.15) is 0 Å². The molecule has 0 radical (unpaired) electrons. The molecule has 13 nitrogen and oxygen atoms in total. The molecule has 0 heterocycles. The fourth-order valence-corrected chi connectivity index (χ4v) is 3.12. The van der Waals surface area contributed by atoms with Gasteiger partial charge in [0.05, 0.1) is 36.8 Å². The number of nitro groups is 4. The Morgan fingerprint density at radius 1 is 0.741 bits per heavy atom. The molecule has 2 rings (SSSR count). The van der Waals surface area contributed by atoms with Crippen LogP contribution in [-0.2, 0) is 0 Å². The lowest BCUT2D eigenvalue weighted by Crippen LogP contribution is -2.05. The molecule has 0 aliphatic rings. The maximum Gasteiger partial charge on any atom is 0.306 e. The molecule has 15 heteroatoms. The van der Waals surface area contributed by atoms with Crippen molar-refractivity contribution in [2.75, 3.05) is 5.32 Å². The first-order chi connectivity index (χ1) is 12.5. The van der Waals surface area contributed by atoms with Gasteiger partial charge in [-0.15, -0.1) is 0 Å². The van der Waals surface area contributed by atoms with E-state index >= 15 is 0 Å². The zero-order valence-electron chi connectivity index (χ0n) is 12.6. The Hall–Kier alpha value is -3.14. The third-order valence-electron chi connectivity index (χ3n) is 3.17. The molecule has 0 saturated heterocycles. The van der Waals surface area contributed by atoms with Gasteiger partial charge in [0.2, 0.25) is 0 Å². The number of hydrogen-bond acceptors (Lipinski definition) is 9. The smallest absolute Gasteiger partial charge is 0.306 e. The summed E-state index contributed by atoms with van der Waals surface area (Å²) in [6, 6.07) is 3.39. The van der Waals surface area contributed by atoms with Crippen molar-refractivity contribution in [2.24, 2.45) is 0 Å². The van der Waals surface area contributed by atoms with Crippen LogP contribution in [0.25, 0.3) is 0 Å². The standard InChI is InChI=1S/C12H5ClIN5O8/c13-7-1-5(14)2-8(17(22)23)11(7)15-12-9(18(24)25)3-6(16(20)21)4-10(12)19(26)27/h1-4,15H. The van der Waals surface area contributed by atoms with E-state index in [4.69, 9.17) is 11.6 Å². The van der Waals surface area contributed by atoms with Gasteiger partial charge < -0.3 is 5.32 Å². The Morgan fingerprint density at radius 3 is 1.59 bits per heavy atom. The molecule has 0 aliphatic carbocycles. The summed E-state index contributed by atoms with van der Waals surface area (Å²) in [6.45, 7) is 0. The van der Waals surface area contributed by atoms with E-state index in [1.807, 2.05) is 0 Å². The fourth-order valence-electron chi connectivity index (χ4n) is 2.07. The van der Waals surface area contributed by atoms with Crippen molar-refractivity contribution in [3.05, 3.63) is 73.3 Å². The first kappa shape index (κ1) is 20.2. The minimum Gasteiger partial charge on any atom is -0.337 e. The molecule has 0 atom stereocenters. The Bertz CT molecular complexity index is 979. The van der Waals surface area contributed by atoms with Gasteiger partial charge in [-0.3, -0.25) is 40.5 Å². The van der Waals surface area contributed by atoms with Gasteiger partial charge in [0.25, 0.3) is 11.4 Å². The van der Waals surface area contributed by atoms with E-state index in [1.54, 1.807) is 22.6 Å². The number of nitrogens with one attached hydrogen (secondary N) is 1. The van der Waals surface area contributed by atoms with E-state index in [2.05, 4.69) is 5.32 Å². The van der Waals surface area contributed by atoms with E-state index < -0.39 is 53.8 Å². The molecule has 2 aromatic carbocycles. The highest BCUT2D eigenvalue weighted by Gasteiger charge is 2.32. The number of hydrogen-bond donors (Lipinski definition) is 1. The molecule has 0 fully saturated rings. The second-order valence-corrected chi connectivity index (χ2v) is 6.45. The molecule has 0 bridgehead atoms. The van der Waals surface area contributed by atoms with Crippen LogP contribution in [0.2, 0.25) is 5.02 Å².